The van der Waals surface area contributed by atoms with E-state index in [2.05, 4.69) is 4.52 Å². The largest absolute Gasteiger partial charge is 0.672 e. The van der Waals surface area contributed by atoms with E-state index in [1.54, 1.807) is 0 Å². The first-order valence-electron chi connectivity index (χ1n) is 5.25. The zero-order valence-corrected chi connectivity index (χ0v) is 14.4. The molecule has 1 rings (SSSR count). The molecule has 7 nitrogen and oxygen atoms in total. The Morgan fingerprint density at radius 2 is 1.94 bits per heavy atom. The summed E-state index contributed by atoms with van der Waals surface area (Å²) in [6, 6.07) is -0.498. The van der Waals surface area contributed by atoms with E-state index in [1.807, 2.05) is 0 Å². The molecule has 0 aromatic rings. The van der Waals surface area contributed by atoms with Crippen molar-refractivity contribution in [1.82, 2.24) is 0 Å². The van der Waals surface area contributed by atoms with Crippen LogP contribution in [0.1, 0.15) is 6.42 Å². The summed E-state index contributed by atoms with van der Waals surface area (Å²) in [6.45, 7) is 0.351. The van der Waals surface area contributed by atoms with Gasteiger partial charge in [-0.2, -0.15) is 0 Å². The average molecular weight is 452 g/mol. The molecule has 18 heavy (non-hydrogen) atoms. The number of phosphoric acid groups is 1. The normalized spacial score (nSPS) is 34.9. The minimum Gasteiger partial charge on any atom is -0.672 e. The third kappa shape index (κ3) is 4.65. The van der Waals surface area contributed by atoms with Crippen molar-refractivity contribution in [2.75, 3.05) is 27.9 Å². The topological polar surface area (TPSA) is 98.0 Å². The molecule has 1 aliphatic carbocycles. The molecule has 1 fully saturated rings. The van der Waals surface area contributed by atoms with Crippen molar-refractivity contribution in [2.24, 2.45) is 5.92 Å². The predicted octanol–water partition coefficient (Wildman–Crippen LogP) is 1.22. The van der Waals surface area contributed by atoms with Crippen molar-refractivity contribution < 1.29 is 49.0 Å². The molecule has 0 aliphatic heterocycles. The molecular weight excluding hydrogens is 433 g/mol. The van der Waals surface area contributed by atoms with Gasteiger partial charge in [0.1, 0.15) is 0 Å². The molecule has 108 valence electrons. The molecule has 0 spiro atoms. The maximum Gasteiger partial charge on any atom is 0.472 e. The Morgan fingerprint density at radius 3 is 2.39 bits per heavy atom. The van der Waals surface area contributed by atoms with Crippen molar-refractivity contribution >= 4 is 7.82 Å². The molecular formula is C9H19NO6PW-. The molecule has 9 heteroatoms. The van der Waals surface area contributed by atoms with Crippen LogP contribution in [0.5, 0.6) is 0 Å². The van der Waals surface area contributed by atoms with Crippen LogP contribution in [0.25, 0.3) is 5.73 Å². The summed E-state index contributed by atoms with van der Waals surface area (Å²) in [6.07, 6.45) is -0.718. The molecule has 0 aromatic carbocycles. The van der Waals surface area contributed by atoms with Crippen molar-refractivity contribution in [1.29, 1.82) is 0 Å². The van der Waals surface area contributed by atoms with Crippen LogP contribution in [0.15, 0.2) is 0 Å². The van der Waals surface area contributed by atoms with Gasteiger partial charge in [-0.25, -0.2) is 4.57 Å². The Hall–Kier alpha value is 0.678. The molecule has 1 saturated carbocycles. The fourth-order valence-corrected chi connectivity index (χ4v) is 2.80. The molecule has 2 N–H and O–H groups in total. The van der Waals surface area contributed by atoms with Gasteiger partial charge in [0, 0.05) is 48.3 Å². The predicted molar refractivity (Wildman–Crippen MR) is 60.6 cm³/mol. The first-order valence-corrected chi connectivity index (χ1v) is 6.74. The standard InChI is InChI=1S/C9H19NO6P.W/c1-13-5-6-4-7(10)9(14-2)8(6)16-17(11,12)15-3;/h6-10H,4-5H2,1-3H3,(H,11,12);/q-1;/t6-,7-,8?,9-;/m1./s1. The number of hydrogen-bond donors (Lipinski definition) is 1. The van der Waals surface area contributed by atoms with Crippen LogP contribution in [-0.2, 0) is 44.2 Å². The second-order valence-corrected chi connectivity index (χ2v) is 5.49. The van der Waals surface area contributed by atoms with Gasteiger partial charge in [-0.1, -0.05) is 6.42 Å². The van der Waals surface area contributed by atoms with Gasteiger partial charge in [-0.15, -0.1) is 6.04 Å². The van der Waals surface area contributed by atoms with Gasteiger partial charge in [0.2, 0.25) is 0 Å². The molecule has 0 aromatic heterocycles. The fourth-order valence-electron chi connectivity index (χ4n) is 2.11. The van der Waals surface area contributed by atoms with E-state index in [0.717, 1.165) is 7.11 Å². The summed E-state index contributed by atoms with van der Waals surface area (Å²) in [7, 11) is 0.00266. The van der Waals surface area contributed by atoms with Crippen molar-refractivity contribution in [3.05, 3.63) is 5.73 Å². The quantitative estimate of drug-likeness (QED) is 0.609. The van der Waals surface area contributed by atoms with Gasteiger partial charge in [-0.05, 0) is 0 Å². The maximum absolute atomic E-state index is 11.4. The molecule has 1 aliphatic rings. The molecule has 0 heterocycles. The van der Waals surface area contributed by atoms with E-state index in [0.29, 0.717) is 13.0 Å². The second-order valence-electron chi connectivity index (χ2n) is 3.98. The van der Waals surface area contributed by atoms with Crippen molar-refractivity contribution in [3.8, 4) is 0 Å². The molecule has 0 radical (unpaired) electrons. The number of hydrogen-bond acceptors (Lipinski definition) is 5. The third-order valence-corrected chi connectivity index (χ3v) is 3.85. The zero-order chi connectivity index (χ0) is 13.1. The number of rotatable bonds is 6. The molecule has 0 saturated heterocycles. The van der Waals surface area contributed by atoms with Crippen LogP contribution in [0.4, 0.5) is 0 Å². The first kappa shape index (κ1) is 18.7. The Labute approximate surface area is 121 Å². The number of ether oxygens (including phenoxy) is 2. The van der Waals surface area contributed by atoms with Gasteiger partial charge in [-0.3, -0.25) is 9.05 Å². The zero-order valence-electron chi connectivity index (χ0n) is 10.6. The van der Waals surface area contributed by atoms with Crippen LogP contribution in [0, 0.1) is 5.92 Å². The Kier molecular flexibility index (Phi) is 8.38. The number of methoxy groups -OCH3 is 2. The van der Waals surface area contributed by atoms with Gasteiger partial charge in [0.15, 0.2) is 0 Å². The summed E-state index contributed by atoms with van der Waals surface area (Å²) in [5, 5.41) is 0. The van der Waals surface area contributed by atoms with Crippen LogP contribution in [-0.4, -0.2) is 51.1 Å². The summed E-state index contributed by atoms with van der Waals surface area (Å²) in [5.41, 5.74) is 7.82. The van der Waals surface area contributed by atoms with E-state index < -0.39 is 26.1 Å². The van der Waals surface area contributed by atoms with Crippen LogP contribution >= 0.6 is 7.82 Å². The molecule has 5 atom stereocenters. The SMILES string of the molecule is COC[C@H]1C[C@@H]([NH-])[C@@H](OC)C1OP(=O)(O)OC.[W]. The summed E-state index contributed by atoms with van der Waals surface area (Å²) in [5.74, 6) is -0.150. The van der Waals surface area contributed by atoms with Gasteiger partial charge < -0.3 is 20.1 Å². The minimum atomic E-state index is -4.08. The van der Waals surface area contributed by atoms with E-state index in [-0.39, 0.29) is 27.0 Å². The minimum absolute atomic E-state index is 0. The first-order chi connectivity index (χ1) is 7.95. The van der Waals surface area contributed by atoms with Crippen LogP contribution in [0.3, 0.4) is 0 Å². The fraction of sp³-hybridized carbons (Fsp3) is 1.00. The van der Waals surface area contributed by atoms with Crippen molar-refractivity contribution in [3.63, 3.8) is 0 Å². The average Bonchev–Trinajstić information content (AvgIpc) is 2.55. The summed E-state index contributed by atoms with van der Waals surface area (Å²) in [4.78, 5) is 9.32. The second kappa shape index (κ2) is 8.07. The molecule has 0 bridgehead atoms. The molecule has 2 unspecified atom stereocenters. The van der Waals surface area contributed by atoms with Crippen molar-refractivity contribution in [2.45, 2.75) is 24.7 Å². The summed E-state index contributed by atoms with van der Waals surface area (Å²) < 4.78 is 31.0. The number of nitrogens with one attached hydrogen (secondary N) is 1. The third-order valence-electron chi connectivity index (χ3n) is 2.88. The van der Waals surface area contributed by atoms with Crippen LogP contribution < -0.4 is 0 Å². The van der Waals surface area contributed by atoms with E-state index in [4.69, 9.17) is 19.7 Å². The Balaban J connectivity index is 0.00000289. The van der Waals surface area contributed by atoms with Gasteiger partial charge in [0.05, 0.1) is 18.8 Å². The molecule has 0 amide bonds. The maximum atomic E-state index is 11.4. The van der Waals surface area contributed by atoms with E-state index in [1.165, 1.54) is 14.2 Å². The Morgan fingerprint density at radius 1 is 1.33 bits per heavy atom. The van der Waals surface area contributed by atoms with Crippen LogP contribution in [0.2, 0.25) is 0 Å². The van der Waals surface area contributed by atoms with E-state index >= 15 is 0 Å². The van der Waals surface area contributed by atoms with Gasteiger partial charge in [0.25, 0.3) is 0 Å². The summed E-state index contributed by atoms with van der Waals surface area (Å²) >= 11 is 0. The smallest absolute Gasteiger partial charge is 0.472 e. The Bertz CT molecular complexity index is 294. The number of phosphoric ester groups is 1. The van der Waals surface area contributed by atoms with E-state index in [9.17, 15) is 9.46 Å². The monoisotopic (exact) mass is 452 g/mol. The van der Waals surface area contributed by atoms with Gasteiger partial charge >= 0.3 is 7.82 Å².